The third kappa shape index (κ3) is 6.38. The number of pyridine rings is 1. The Morgan fingerprint density at radius 1 is 1.09 bits per heavy atom. The molecule has 0 radical (unpaired) electrons. The van der Waals surface area contributed by atoms with Crippen LogP contribution in [0.1, 0.15) is 71.2 Å². The third-order valence-corrected chi connectivity index (χ3v) is 9.40. The summed E-state index contributed by atoms with van der Waals surface area (Å²) in [6.07, 6.45) is 3.84. The SMILES string of the molecule is COC(=O)c1ccc(-c2cc(C3(NC(=O)c4cc(OC[C@@H]5CCN5C(=O)OC(C)(C)C)ccc4C)CC3)c3cccnc3c2)s1. The molecule has 6 rings (SSSR count). The Kier molecular flexibility index (Phi) is 8.03. The molecule has 9 nitrogen and oxygen atoms in total. The number of likely N-dealkylation sites (tertiary alicyclic amines) is 1. The number of amides is 2. The molecule has 45 heavy (non-hydrogen) atoms. The summed E-state index contributed by atoms with van der Waals surface area (Å²) >= 11 is 1.37. The molecule has 0 spiro atoms. The van der Waals surface area contributed by atoms with Gasteiger partial charge in [-0.25, -0.2) is 9.59 Å². The third-order valence-electron chi connectivity index (χ3n) is 8.28. The minimum Gasteiger partial charge on any atom is -0.491 e. The van der Waals surface area contributed by atoms with Gasteiger partial charge in [-0.2, -0.15) is 0 Å². The van der Waals surface area contributed by atoms with E-state index in [1.807, 2.05) is 64.1 Å². The number of ether oxygens (including phenoxy) is 3. The summed E-state index contributed by atoms with van der Waals surface area (Å²) in [4.78, 5) is 46.2. The van der Waals surface area contributed by atoms with E-state index in [4.69, 9.17) is 14.2 Å². The molecule has 2 amide bonds. The first kappa shape index (κ1) is 30.6. The van der Waals surface area contributed by atoms with Gasteiger partial charge in [0.25, 0.3) is 5.91 Å². The highest BCUT2D eigenvalue weighted by Gasteiger charge is 2.47. The summed E-state index contributed by atoms with van der Waals surface area (Å²) in [7, 11) is 1.37. The van der Waals surface area contributed by atoms with Crippen molar-refractivity contribution >= 4 is 40.2 Å². The van der Waals surface area contributed by atoms with Crippen LogP contribution in [0.4, 0.5) is 4.79 Å². The molecule has 1 N–H and O–H groups in total. The number of rotatable bonds is 8. The Hall–Kier alpha value is -4.44. The van der Waals surface area contributed by atoms with Gasteiger partial charge in [0.15, 0.2) is 0 Å². The van der Waals surface area contributed by atoms with Gasteiger partial charge in [0.05, 0.1) is 24.2 Å². The second-order valence-corrected chi connectivity index (χ2v) is 13.8. The normalized spacial score (nSPS) is 16.9. The van der Waals surface area contributed by atoms with Gasteiger partial charge in [-0.05, 0) is 106 Å². The molecule has 10 heteroatoms. The van der Waals surface area contributed by atoms with Gasteiger partial charge in [0, 0.05) is 28.6 Å². The van der Waals surface area contributed by atoms with E-state index in [1.165, 1.54) is 18.4 Å². The highest BCUT2D eigenvalue weighted by molar-refractivity contribution is 7.17. The van der Waals surface area contributed by atoms with E-state index in [1.54, 1.807) is 23.2 Å². The van der Waals surface area contributed by atoms with Crippen LogP contribution in [0, 0.1) is 6.92 Å². The summed E-state index contributed by atoms with van der Waals surface area (Å²) in [5.41, 5.74) is 3.03. The number of aryl methyl sites for hydroxylation is 1. The van der Waals surface area contributed by atoms with E-state index >= 15 is 0 Å². The molecule has 2 aromatic heterocycles. The second kappa shape index (κ2) is 11.8. The molecule has 2 aliphatic rings. The van der Waals surface area contributed by atoms with Crippen molar-refractivity contribution < 1.29 is 28.6 Å². The Morgan fingerprint density at radius 3 is 2.58 bits per heavy atom. The van der Waals surface area contributed by atoms with Crippen molar-refractivity contribution in [3.8, 4) is 16.2 Å². The molecule has 234 valence electrons. The van der Waals surface area contributed by atoms with Crippen LogP contribution in [0.25, 0.3) is 21.3 Å². The molecular weight excluding hydrogens is 590 g/mol. The number of aromatic nitrogens is 1. The van der Waals surface area contributed by atoms with E-state index in [9.17, 15) is 14.4 Å². The fourth-order valence-electron chi connectivity index (χ4n) is 5.60. The Balaban J connectivity index is 1.21. The number of esters is 1. The van der Waals surface area contributed by atoms with Gasteiger partial charge in [-0.1, -0.05) is 12.1 Å². The number of carbonyl (C=O) groups excluding carboxylic acids is 3. The fourth-order valence-corrected chi connectivity index (χ4v) is 6.51. The maximum atomic E-state index is 13.8. The van der Waals surface area contributed by atoms with Gasteiger partial charge in [0.1, 0.15) is 22.8 Å². The average Bonchev–Trinajstić information content (AvgIpc) is 3.58. The van der Waals surface area contributed by atoms with Crippen LogP contribution < -0.4 is 10.1 Å². The Bertz CT molecular complexity index is 1790. The van der Waals surface area contributed by atoms with Gasteiger partial charge in [0.2, 0.25) is 0 Å². The van der Waals surface area contributed by atoms with Gasteiger partial charge in [-0.15, -0.1) is 11.3 Å². The van der Waals surface area contributed by atoms with Crippen molar-refractivity contribution in [3.63, 3.8) is 0 Å². The zero-order valence-corrected chi connectivity index (χ0v) is 27.0. The minimum atomic E-state index is -0.557. The van der Waals surface area contributed by atoms with Crippen molar-refractivity contribution in [2.75, 3.05) is 20.3 Å². The van der Waals surface area contributed by atoms with E-state index in [-0.39, 0.29) is 24.0 Å². The summed E-state index contributed by atoms with van der Waals surface area (Å²) < 4.78 is 16.5. The number of nitrogens with zero attached hydrogens (tertiary/aromatic N) is 2. The molecule has 1 saturated heterocycles. The molecule has 3 heterocycles. The van der Waals surface area contributed by atoms with E-state index in [2.05, 4.69) is 16.4 Å². The van der Waals surface area contributed by atoms with Crippen molar-refractivity contribution in [3.05, 3.63) is 82.4 Å². The quantitative estimate of drug-likeness (QED) is 0.213. The zero-order valence-electron chi connectivity index (χ0n) is 26.1. The monoisotopic (exact) mass is 627 g/mol. The van der Waals surface area contributed by atoms with E-state index in [0.29, 0.717) is 29.3 Å². The molecule has 1 aliphatic carbocycles. The highest BCUT2D eigenvalue weighted by atomic mass is 32.1. The molecule has 2 aromatic carbocycles. The summed E-state index contributed by atoms with van der Waals surface area (Å²) in [5, 5.41) is 4.32. The first-order chi connectivity index (χ1) is 21.5. The van der Waals surface area contributed by atoms with Gasteiger partial charge in [-0.3, -0.25) is 9.78 Å². The summed E-state index contributed by atoms with van der Waals surface area (Å²) in [6, 6.07) is 17.2. The number of carbonyl (C=O) groups is 3. The molecule has 0 bridgehead atoms. The van der Waals surface area contributed by atoms with Crippen LogP contribution in [-0.4, -0.2) is 59.8 Å². The molecular formula is C35H37N3O6S. The fraction of sp³-hybridized carbons (Fsp3) is 0.371. The van der Waals surface area contributed by atoms with E-state index < -0.39 is 11.1 Å². The lowest BCUT2D eigenvalue weighted by Gasteiger charge is -2.41. The first-order valence-corrected chi connectivity index (χ1v) is 15.9. The number of thiophene rings is 1. The molecule has 1 saturated carbocycles. The lowest BCUT2D eigenvalue weighted by Crippen LogP contribution is -2.55. The van der Waals surface area contributed by atoms with Gasteiger partial charge < -0.3 is 24.4 Å². The first-order valence-electron chi connectivity index (χ1n) is 15.1. The second-order valence-electron chi connectivity index (χ2n) is 12.7. The number of hydrogen-bond acceptors (Lipinski definition) is 8. The molecule has 0 unspecified atom stereocenters. The lowest BCUT2D eigenvalue weighted by molar-refractivity contribution is -0.0141. The van der Waals surface area contributed by atoms with Crippen LogP contribution in [0.2, 0.25) is 0 Å². The largest absolute Gasteiger partial charge is 0.491 e. The van der Waals surface area contributed by atoms with Crippen LogP contribution in [0.3, 0.4) is 0 Å². The molecule has 2 fully saturated rings. The van der Waals surface area contributed by atoms with Crippen molar-refractivity contribution in [2.45, 2.75) is 64.1 Å². The number of nitrogens with one attached hydrogen (secondary N) is 1. The van der Waals surface area contributed by atoms with Gasteiger partial charge >= 0.3 is 12.1 Å². The zero-order chi connectivity index (χ0) is 31.9. The summed E-state index contributed by atoms with van der Waals surface area (Å²) in [6.45, 7) is 8.41. The molecule has 1 aliphatic heterocycles. The van der Waals surface area contributed by atoms with Crippen molar-refractivity contribution in [1.82, 2.24) is 15.2 Å². The number of methoxy groups -OCH3 is 1. The molecule has 1 atom stereocenters. The predicted molar refractivity (Wildman–Crippen MR) is 173 cm³/mol. The maximum absolute atomic E-state index is 13.8. The Labute approximate surface area is 266 Å². The summed E-state index contributed by atoms with van der Waals surface area (Å²) in [5.74, 6) is 0.0226. The smallest absolute Gasteiger partial charge is 0.410 e. The van der Waals surface area contributed by atoms with E-state index in [0.717, 1.165) is 51.7 Å². The Morgan fingerprint density at radius 2 is 1.89 bits per heavy atom. The molecule has 4 aromatic rings. The van der Waals surface area contributed by atoms with Crippen LogP contribution >= 0.6 is 11.3 Å². The number of benzene rings is 2. The number of hydrogen-bond donors (Lipinski definition) is 1. The van der Waals surface area contributed by atoms with Crippen molar-refractivity contribution in [1.29, 1.82) is 0 Å². The lowest BCUT2D eigenvalue weighted by atomic mass is 9.95. The van der Waals surface area contributed by atoms with Crippen LogP contribution in [0.5, 0.6) is 5.75 Å². The highest BCUT2D eigenvalue weighted by Crippen LogP contribution is 2.49. The van der Waals surface area contributed by atoms with Crippen LogP contribution in [0.15, 0.2) is 60.8 Å². The van der Waals surface area contributed by atoms with Crippen molar-refractivity contribution in [2.24, 2.45) is 0 Å². The standard InChI is InChI=1S/C35H37N3O6S/c1-21-8-9-24(43-20-23-12-16-38(23)33(41)44-34(2,3)4)19-26(21)31(39)37-35(13-14-35)27-17-22(18-28-25(27)7-6-15-36-28)29-10-11-30(45-29)32(40)42-5/h6-11,15,17-19,23H,12-14,16,20H2,1-5H3,(H,37,39)/t23-/m0/s1. The predicted octanol–water partition coefficient (Wildman–Crippen LogP) is 6.87. The topological polar surface area (TPSA) is 107 Å². The number of fused-ring (bicyclic) bond motifs is 1. The average molecular weight is 628 g/mol. The minimum absolute atomic E-state index is 0.0747. The van der Waals surface area contributed by atoms with Crippen LogP contribution in [-0.2, 0) is 15.0 Å². The maximum Gasteiger partial charge on any atom is 0.410 e.